The van der Waals surface area contributed by atoms with E-state index in [4.69, 9.17) is 5.10 Å². The summed E-state index contributed by atoms with van der Waals surface area (Å²) >= 11 is 0. The normalized spacial score (nSPS) is 11.0. The minimum Gasteiger partial charge on any atom is -0.355 e. The molecule has 1 heterocycles. The topological polar surface area (TPSA) is 59.8 Å². The van der Waals surface area contributed by atoms with Gasteiger partial charge >= 0.3 is 0 Å². The number of hydrogen-bond acceptors (Lipinski definition) is 4. The van der Waals surface area contributed by atoms with Crippen LogP contribution in [0.1, 0.15) is 29.2 Å². The second-order valence-corrected chi connectivity index (χ2v) is 8.12. The standard InChI is InChI=1S/C26H26N4O/c1-16(2)26(31)14-20-6-8-21(9-7-20)27-22-10-11-23-24(15-22)29-30(28-23)25-13-17(3)12-18(4)19(25)5/h6-13,15,27H,1,14H2,2-5H3. The Labute approximate surface area is 182 Å². The van der Waals surface area contributed by atoms with Gasteiger partial charge in [0.25, 0.3) is 0 Å². The third-order valence-corrected chi connectivity index (χ3v) is 5.46. The molecule has 0 bridgehead atoms. The molecule has 0 aliphatic rings. The lowest BCUT2D eigenvalue weighted by molar-refractivity contribution is -0.114. The Morgan fingerprint density at radius 3 is 2.32 bits per heavy atom. The predicted molar refractivity (Wildman–Crippen MR) is 126 cm³/mol. The maximum atomic E-state index is 11.8. The summed E-state index contributed by atoms with van der Waals surface area (Å²) in [6, 6.07) is 18.1. The molecular weight excluding hydrogens is 384 g/mol. The van der Waals surface area contributed by atoms with Crippen LogP contribution in [0, 0.1) is 20.8 Å². The number of anilines is 2. The van der Waals surface area contributed by atoms with Crippen LogP contribution in [0.15, 0.2) is 66.7 Å². The maximum absolute atomic E-state index is 11.8. The van der Waals surface area contributed by atoms with E-state index in [0.29, 0.717) is 12.0 Å². The maximum Gasteiger partial charge on any atom is 0.162 e. The summed E-state index contributed by atoms with van der Waals surface area (Å²) in [5, 5.41) is 12.8. The van der Waals surface area contributed by atoms with Crippen molar-refractivity contribution < 1.29 is 4.79 Å². The fourth-order valence-corrected chi connectivity index (χ4v) is 3.53. The van der Waals surface area contributed by atoms with Gasteiger partial charge in [-0.05, 0) is 91.9 Å². The highest BCUT2D eigenvalue weighted by atomic mass is 16.1. The number of ketones is 1. The molecule has 0 spiro atoms. The van der Waals surface area contributed by atoms with Crippen LogP contribution in [0.3, 0.4) is 0 Å². The molecule has 4 rings (SSSR count). The van der Waals surface area contributed by atoms with Gasteiger partial charge in [-0.15, -0.1) is 10.2 Å². The van der Waals surface area contributed by atoms with Gasteiger partial charge in [-0.2, -0.15) is 4.80 Å². The average Bonchev–Trinajstić information content (AvgIpc) is 3.15. The summed E-state index contributed by atoms with van der Waals surface area (Å²) < 4.78 is 0. The minimum atomic E-state index is 0.0632. The highest BCUT2D eigenvalue weighted by Crippen LogP contribution is 2.24. The highest BCUT2D eigenvalue weighted by molar-refractivity contribution is 5.95. The van der Waals surface area contributed by atoms with Crippen LogP contribution >= 0.6 is 0 Å². The number of allylic oxidation sites excluding steroid dienone is 1. The van der Waals surface area contributed by atoms with Crippen molar-refractivity contribution in [2.75, 3.05) is 5.32 Å². The zero-order chi connectivity index (χ0) is 22.1. The highest BCUT2D eigenvalue weighted by Gasteiger charge is 2.10. The van der Waals surface area contributed by atoms with Crippen LogP contribution in [0.2, 0.25) is 0 Å². The van der Waals surface area contributed by atoms with Gasteiger partial charge in [-0.25, -0.2) is 0 Å². The average molecular weight is 411 g/mol. The minimum absolute atomic E-state index is 0.0632. The molecule has 3 aromatic carbocycles. The first-order valence-corrected chi connectivity index (χ1v) is 10.3. The van der Waals surface area contributed by atoms with Gasteiger partial charge in [0.15, 0.2) is 5.78 Å². The lowest BCUT2D eigenvalue weighted by Gasteiger charge is -2.08. The van der Waals surface area contributed by atoms with Crippen molar-refractivity contribution in [3.05, 3.63) is 89.0 Å². The molecule has 156 valence electrons. The van der Waals surface area contributed by atoms with Crippen LogP contribution in [0.25, 0.3) is 16.7 Å². The van der Waals surface area contributed by atoms with E-state index in [1.807, 2.05) is 42.5 Å². The lowest BCUT2D eigenvalue weighted by Crippen LogP contribution is -2.03. The van der Waals surface area contributed by atoms with Gasteiger partial charge in [0.2, 0.25) is 0 Å². The van der Waals surface area contributed by atoms with Gasteiger partial charge in [-0.1, -0.05) is 24.8 Å². The molecule has 0 saturated carbocycles. The Morgan fingerprint density at radius 1 is 0.935 bits per heavy atom. The molecule has 5 heteroatoms. The number of nitrogens with zero attached hydrogens (tertiary/aromatic N) is 3. The fraction of sp³-hybridized carbons (Fsp3) is 0.192. The van der Waals surface area contributed by atoms with Crippen LogP contribution in [0.4, 0.5) is 11.4 Å². The third-order valence-electron chi connectivity index (χ3n) is 5.46. The zero-order valence-corrected chi connectivity index (χ0v) is 18.4. The summed E-state index contributed by atoms with van der Waals surface area (Å²) in [6.45, 7) is 11.7. The summed E-state index contributed by atoms with van der Waals surface area (Å²) in [6.07, 6.45) is 0.378. The Hall–Kier alpha value is -3.73. The van der Waals surface area contributed by atoms with Crippen molar-refractivity contribution in [3.63, 3.8) is 0 Å². The molecule has 5 nitrogen and oxygen atoms in total. The Bertz CT molecular complexity index is 1300. The van der Waals surface area contributed by atoms with Crippen LogP contribution < -0.4 is 5.32 Å². The second kappa shape index (κ2) is 8.19. The first-order chi connectivity index (χ1) is 14.8. The molecule has 4 aromatic rings. The summed E-state index contributed by atoms with van der Waals surface area (Å²) in [5.74, 6) is 0.0632. The zero-order valence-electron chi connectivity index (χ0n) is 18.4. The van der Waals surface area contributed by atoms with Crippen molar-refractivity contribution in [1.82, 2.24) is 15.0 Å². The molecule has 0 unspecified atom stereocenters. The number of aromatic nitrogens is 3. The molecule has 1 N–H and O–H groups in total. The number of fused-ring (bicyclic) bond motifs is 1. The quantitative estimate of drug-likeness (QED) is 0.410. The van der Waals surface area contributed by atoms with Crippen molar-refractivity contribution in [3.8, 4) is 5.69 Å². The van der Waals surface area contributed by atoms with Crippen LogP contribution in [0.5, 0.6) is 0 Å². The number of carbonyl (C=O) groups excluding carboxylic acids is 1. The van der Waals surface area contributed by atoms with Gasteiger partial charge in [0.05, 0.1) is 5.69 Å². The summed E-state index contributed by atoms with van der Waals surface area (Å²) in [5.41, 5.74) is 9.70. The number of hydrogen-bond donors (Lipinski definition) is 1. The van der Waals surface area contributed by atoms with Crippen LogP contribution in [-0.4, -0.2) is 20.8 Å². The molecular formula is C26H26N4O. The molecule has 0 radical (unpaired) electrons. The molecule has 0 aliphatic heterocycles. The smallest absolute Gasteiger partial charge is 0.162 e. The van der Waals surface area contributed by atoms with E-state index in [1.54, 1.807) is 11.7 Å². The van der Waals surface area contributed by atoms with E-state index in [1.165, 1.54) is 16.7 Å². The number of rotatable bonds is 6. The first-order valence-electron chi connectivity index (χ1n) is 10.3. The first kappa shape index (κ1) is 20.5. The number of carbonyl (C=O) groups is 1. The number of benzene rings is 3. The van der Waals surface area contributed by atoms with Crippen molar-refractivity contribution >= 4 is 28.2 Å². The Kier molecular flexibility index (Phi) is 5.42. The van der Waals surface area contributed by atoms with E-state index < -0.39 is 0 Å². The lowest BCUT2D eigenvalue weighted by atomic mass is 10.0. The number of Topliss-reactive ketones (excluding diaryl/α,β-unsaturated/α-hetero) is 1. The predicted octanol–water partition coefficient (Wildman–Crippen LogP) is 5.78. The fourth-order valence-electron chi connectivity index (χ4n) is 3.53. The molecule has 0 saturated heterocycles. The van der Waals surface area contributed by atoms with Crippen molar-refractivity contribution in [2.45, 2.75) is 34.1 Å². The van der Waals surface area contributed by atoms with Crippen molar-refractivity contribution in [2.24, 2.45) is 0 Å². The third kappa shape index (κ3) is 4.40. The van der Waals surface area contributed by atoms with E-state index in [-0.39, 0.29) is 5.78 Å². The summed E-state index contributed by atoms with van der Waals surface area (Å²) in [7, 11) is 0. The van der Waals surface area contributed by atoms with Gasteiger partial charge < -0.3 is 5.32 Å². The number of aryl methyl sites for hydroxylation is 2. The van der Waals surface area contributed by atoms with E-state index in [2.05, 4.69) is 49.9 Å². The van der Waals surface area contributed by atoms with E-state index in [0.717, 1.165) is 33.7 Å². The van der Waals surface area contributed by atoms with Gasteiger partial charge in [-0.3, -0.25) is 4.79 Å². The second-order valence-electron chi connectivity index (χ2n) is 8.12. The molecule has 31 heavy (non-hydrogen) atoms. The van der Waals surface area contributed by atoms with Crippen molar-refractivity contribution in [1.29, 1.82) is 0 Å². The number of nitrogens with one attached hydrogen (secondary N) is 1. The Balaban J connectivity index is 1.56. The van der Waals surface area contributed by atoms with Gasteiger partial charge in [0, 0.05) is 17.8 Å². The van der Waals surface area contributed by atoms with Gasteiger partial charge in [0.1, 0.15) is 11.0 Å². The molecule has 0 amide bonds. The molecule has 0 aliphatic carbocycles. The summed E-state index contributed by atoms with van der Waals surface area (Å²) in [4.78, 5) is 13.6. The SMILES string of the molecule is C=C(C)C(=O)Cc1ccc(Nc2ccc3nn(-c4cc(C)cc(C)c4C)nc3c2)cc1. The molecule has 1 aromatic heterocycles. The van der Waals surface area contributed by atoms with Crippen LogP contribution in [-0.2, 0) is 11.2 Å². The monoisotopic (exact) mass is 410 g/mol. The largest absolute Gasteiger partial charge is 0.355 e. The van der Waals surface area contributed by atoms with E-state index >= 15 is 0 Å². The Morgan fingerprint density at radius 2 is 1.61 bits per heavy atom. The molecule has 0 atom stereocenters. The van der Waals surface area contributed by atoms with E-state index in [9.17, 15) is 4.79 Å². The molecule has 0 fully saturated rings.